The third-order valence-corrected chi connectivity index (χ3v) is 6.71. The molecule has 1 heterocycles. The normalized spacial score (nSPS) is 19.8. The van der Waals surface area contributed by atoms with Crippen LogP contribution in [0.5, 0.6) is 11.5 Å². The fourth-order valence-corrected chi connectivity index (χ4v) is 4.84. The van der Waals surface area contributed by atoms with E-state index in [0.29, 0.717) is 26.2 Å². The maximum atomic E-state index is 12.7. The summed E-state index contributed by atoms with van der Waals surface area (Å²) >= 11 is 0. The van der Waals surface area contributed by atoms with Crippen LogP contribution in [0.2, 0.25) is 0 Å². The molecule has 2 fully saturated rings. The van der Waals surface area contributed by atoms with E-state index >= 15 is 0 Å². The quantitative estimate of drug-likeness (QED) is 0.346. The van der Waals surface area contributed by atoms with E-state index in [1.807, 2.05) is 50.3 Å². The Morgan fingerprint density at radius 1 is 1.00 bits per heavy atom. The van der Waals surface area contributed by atoms with Crippen LogP contribution in [0.1, 0.15) is 74.8 Å². The molecule has 1 saturated carbocycles. The molecule has 1 amide bonds. The second-order valence-corrected chi connectivity index (χ2v) is 9.12. The third-order valence-electron chi connectivity index (χ3n) is 6.71. The standard InChI is InChI=1S/C29H37NO5/c1-4-33-29(34-5-2)21-12-10-20(11-13-21)16-23-17-24(19-30-28(23)31)22-14-15-26(32-3)27(18-22)35-25-8-6-7-9-25/h10-16,18,24-25,29H,4-9,17,19H2,1-3H3,(H,30,31)/b23-16+/t24-/m1/s1. The van der Waals surface area contributed by atoms with Crippen molar-refractivity contribution >= 4 is 12.0 Å². The summed E-state index contributed by atoms with van der Waals surface area (Å²) in [5.41, 5.74) is 3.87. The number of carbonyl (C=O) groups is 1. The molecule has 1 saturated heterocycles. The number of rotatable bonds is 10. The van der Waals surface area contributed by atoms with Gasteiger partial charge in [-0.3, -0.25) is 4.79 Å². The Morgan fingerprint density at radius 2 is 1.71 bits per heavy atom. The van der Waals surface area contributed by atoms with Crippen LogP contribution < -0.4 is 14.8 Å². The van der Waals surface area contributed by atoms with E-state index in [4.69, 9.17) is 18.9 Å². The minimum Gasteiger partial charge on any atom is -0.493 e. The van der Waals surface area contributed by atoms with Crippen molar-refractivity contribution in [2.75, 3.05) is 26.9 Å². The predicted molar refractivity (Wildman–Crippen MR) is 137 cm³/mol. The van der Waals surface area contributed by atoms with Crippen molar-refractivity contribution in [3.8, 4) is 11.5 Å². The molecule has 1 aliphatic carbocycles. The Hall–Kier alpha value is -2.83. The van der Waals surface area contributed by atoms with Crippen molar-refractivity contribution in [3.05, 3.63) is 64.7 Å². The minimum absolute atomic E-state index is 0.0113. The van der Waals surface area contributed by atoms with Gasteiger partial charge in [0.1, 0.15) is 0 Å². The van der Waals surface area contributed by atoms with Crippen molar-refractivity contribution in [2.24, 2.45) is 0 Å². The number of nitrogens with one attached hydrogen (secondary N) is 1. The Labute approximate surface area is 208 Å². The van der Waals surface area contributed by atoms with Crippen LogP contribution in [0.25, 0.3) is 6.08 Å². The first-order valence-corrected chi connectivity index (χ1v) is 12.8. The van der Waals surface area contributed by atoms with Crippen molar-refractivity contribution in [1.82, 2.24) is 5.32 Å². The predicted octanol–water partition coefficient (Wildman–Crippen LogP) is 5.78. The Kier molecular flexibility index (Phi) is 8.83. The van der Waals surface area contributed by atoms with Crippen LogP contribution >= 0.6 is 0 Å². The van der Waals surface area contributed by atoms with Gasteiger partial charge in [0, 0.05) is 36.8 Å². The largest absolute Gasteiger partial charge is 0.493 e. The van der Waals surface area contributed by atoms with Crippen LogP contribution in [0, 0.1) is 0 Å². The lowest BCUT2D eigenvalue weighted by Gasteiger charge is -2.26. The molecule has 6 heteroatoms. The van der Waals surface area contributed by atoms with Gasteiger partial charge in [-0.1, -0.05) is 30.3 Å². The number of ether oxygens (including phenoxy) is 4. The zero-order valence-electron chi connectivity index (χ0n) is 21.0. The zero-order chi connectivity index (χ0) is 24.6. The number of methoxy groups -OCH3 is 1. The summed E-state index contributed by atoms with van der Waals surface area (Å²) in [4.78, 5) is 12.7. The lowest BCUT2D eigenvalue weighted by molar-refractivity contribution is -0.140. The first-order valence-electron chi connectivity index (χ1n) is 12.8. The Balaban J connectivity index is 1.50. The van der Waals surface area contributed by atoms with Crippen molar-refractivity contribution in [1.29, 1.82) is 0 Å². The summed E-state index contributed by atoms with van der Waals surface area (Å²) in [6.45, 7) is 5.67. The highest BCUT2D eigenvalue weighted by atomic mass is 16.7. The summed E-state index contributed by atoms with van der Waals surface area (Å²) in [5, 5.41) is 3.07. The van der Waals surface area contributed by atoms with Gasteiger partial charge in [-0.25, -0.2) is 0 Å². The molecule has 0 radical (unpaired) electrons. The Bertz CT molecular complexity index is 1000. The molecule has 6 nitrogen and oxygen atoms in total. The second kappa shape index (κ2) is 12.2. The van der Waals surface area contributed by atoms with Gasteiger partial charge in [0.15, 0.2) is 17.8 Å². The summed E-state index contributed by atoms with van der Waals surface area (Å²) in [5.74, 6) is 1.72. The monoisotopic (exact) mass is 479 g/mol. The molecule has 1 atom stereocenters. The van der Waals surface area contributed by atoms with E-state index in [9.17, 15) is 4.79 Å². The topological polar surface area (TPSA) is 66.0 Å². The van der Waals surface area contributed by atoms with Crippen LogP contribution in [0.3, 0.4) is 0 Å². The molecular weight excluding hydrogens is 442 g/mol. The Morgan fingerprint density at radius 3 is 2.37 bits per heavy atom. The number of piperidine rings is 1. The smallest absolute Gasteiger partial charge is 0.247 e. The average molecular weight is 480 g/mol. The van der Waals surface area contributed by atoms with Gasteiger partial charge < -0.3 is 24.3 Å². The van der Waals surface area contributed by atoms with Gasteiger partial charge >= 0.3 is 0 Å². The molecule has 4 rings (SSSR count). The van der Waals surface area contributed by atoms with Gasteiger partial charge in [0.05, 0.1) is 13.2 Å². The minimum atomic E-state index is -0.371. The highest BCUT2D eigenvalue weighted by Crippen LogP contribution is 2.36. The molecule has 2 aliphatic rings. The maximum absolute atomic E-state index is 12.7. The molecule has 0 bridgehead atoms. The van der Waals surface area contributed by atoms with Gasteiger partial charge in [-0.15, -0.1) is 0 Å². The zero-order valence-corrected chi connectivity index (χ0v) is 21.0. The third kappa shape index (κ3) is 6.44. The molecule has 1 aliphatic heterocycles. The molecule has 1 N–H and O–H groups in total. The van der Waals surface area contributed by atoms with Crippen LogP contribution in [-0.2, 0) is 14.3 Å². The van der Waals surface area contributed by atoms with E-state index < -0.39 is 0 Å². The molecule has 188 valence electrons. The number of amides is 1. The van der Waals surface area contributed by atoms with Crippen LogP contribution in [0.4, 0.5) is 0 Å². The average Bonchev–Trinajstić information content (AvgIpc) is 3.39. The maximum Gasteiger partial charge on any atom is 0.247 e. The number of hydrogen-bond donors (Lipinski definition) is 1. The molecule has 35 heavy (non-hydrogen) atoms. The summed E-state index contributed by atoms with van der Waals surface area (Å²) in [6, 6.07) is 14.2. The van der Waals surface area contributed by atoms with E-state index in [1.165, 1.54) is 12.8 Å². The number of hydrogen-bond acceptors (Lipinski definition) is 5. The fraction of sp³-hybridized carbons (Fsp3) is 0.483. The SMILES string of the molecule is CCOC(OCC)c1ccc(/C=C2\C[C@@H](c3ccc(OC)c(OC4CCCC4)c3)CNC2=O)cc1. The molecule has 0 spiro atoms. The second-order valence-electron chi connectivity index (χ2n) is 9.12. The first-order chi connectivity index (χ1) is 17.1. The molecular formula is C29H37NO5. The molecule has 2 aromatic carbocycles. The highest BCUT2D eigenvalue weighted by Gasteiger charge is 2.26. The van der Waals surface area contributed by atoms with Crippen LogP contribution in [0.15, 0.2) is 48.0 Å². The van der Waals surface area contributed by atoms with Crippen molar-refractivity contribution in [3.63, 3.8) is 0 Å². The lowest BCUT2D eigenvalue weighted by atomic mass is 9.87. The molecule has 0 aromatic heterocycles. The van der Waals surface area contributed by atoms with Crippen molar-refractivity contribution < 1.29 is 23.7 Å². The van der Waals surface area contributed by atoms with Gasteiger partial charge in [0.2, 0.25) is 5.91 Å². The van der Waals surface area contributed by atoms with E-state index in [1.54, 1.807) is 7.11 Å². The van der Waals surface area contributed by atoms with Crippen molar-refractivity contribution in [2.45, 2.75) is 64.3 Å². The number of carbonyl (C=O) groups excluding carboxylic acids is 1. The van der Waals surface area contributed by atoms with E-state index in [-0.39, 0.29) is 24.2 Å². The van der Waals surface area contributed by atoms with Crippen LogP contribution in [-0.4, -0.2) is 38.9 Å². The summed E-state index contributed by atoms with van der Waals surface area (Å²) in [6.07, 6.45) is 7.15. The summed E-state index contributed by atoms with van der Waals surface area (Å²) < 4.78 is 23.2. The molecule has 0 unspecified atom stereocenters. The first kappa shape index (κ1) is 25.3. The summed E-state index contributed by atoms with van der Waals surface area (Å²) in [7, 11) is 1.68. The van der Waals surface area contributed by atoms with Gasteiger partial charge in [-0.05, 0) is 75.3 Å². The van der Waals surface area contributed by atoms with E-state index in [0.717, 1.165) is 46.6 Å². The molecule has 2 aromatic rings. The highest BCUT2D eigenvalue weighted by molar-refractivity contribution is 5.98. The van der Waals surface area contributed by atoms with E-state index in [2.05, 4.69) is 17.4 Å². The van der Waals surface area contributed by atoms with Gasteiger partial charge in [-0.2, -0.15) is 0 Å². The van der Waals surface area contributed by atoms with Gasteiger partial charge in [0.25, 0.3) is 0 Å². The lowest BCUT2D eigenvalue weighted by Crippen LogP contribution is -2.35. The fourth-order valence-electron chi connectivity index (χ4n) is 4.84. The number of benzene rings is 2.